The fraction of sp³-hybridized carbons (Fsp3) is 0.125. The van der Waals surface area contributed by atoms with E-state index in [1.54, 1.807) is 12.1 Å². The zero-order chi connectivity index (χ0) is 15.1. The van der Waals surface area contributed by atoms with Gasteiger partial charge in [-0.3, -0.25) is 10.1 Å². The molecule has 21 heavy (non-hydrogen) atoms. The molecule has 0 radical (unpaired) electrons. The Labute approximate surface area is 122 Å². The molecule has 5 nitrogen and oxygen atoms in total. The van der Waals surface area contributed by atoms with Crippen molar-refractivity contribution in [3.05, 3.63) is 69.8 Å². The molecule has 0 aliphatic heterocycles. The molecule has 0 saturated carbocycles. The summed E-state index contributed by atoms with van der Waals surface area (Å²) in [4.78, 5) is 10.1. The van der Waals surface area contributed by atoms with Crippen molar-refractivity contribution in [1.29, 1.82) is 0 Å². The van der Waals surface area contributed by atoms with E-state index in [1.807, 2.05) is 24.3 Å². The number of aliphatic hydroxyl groups is 1. The van der Waals surface area contributed by atoms with Gasteiger partial charge in [0.05, 0.1) is 4.92 Å². The molecule has 1 N–H and O–H groups in total. The van der Waals surface area contributed by atoms with E-state index in [1.165, 1.54) is 12.1 Å². The highest BCUT2D eigenvalue weighted by Gasteiger charge is 2.04. The summed E-state index contributed by atoms with van der Waals surface area (Å²) in [6.07, 6.45) is 0. The third kappa shape index (κ3) is 4.34. The van der Waals surface area contributed by atoms with Gasteiger partial charge in [-0.05, 0) is 29.8 Å². The number of nitro groups is 1. The zero-order valence-electron chi connectivity index (χ0n) is 11.2. The maximum Gasteiger partial charge on any atom is 0.269 e. The third-order valence-corrected chi connectivity index (χ3v) is 2.69. The highest BCUT2D eigenvalue weighted by atomic mass is 16.6. The van der Waals surface area contributed by atoms with E-state index in [0.29, 0.717) is 12.4 Å². The minimum atomic E-state index is -0.451. The Balaban J connectivity index is 2.01. The molecule has 2 rings (SSSR count). The Morgan fingerprint density at radius 2 is 1.95 bits per heavy atom. The first kappa shape index (κ1) is 14.6. The number of hydrogen-bond acceptors (Lipinski definition) is 4. The molecule has 2 aromatic rings. The molecular weight excluding hydrogens is 270 g/mol. The number of aliphatic hydroxyl groups excluding tert-OH is 1. The zero-order valence-corrected chi connectivity index (χ0v) is 11.2. The lowest BCUT2D eigenvalue weighted by Gasteiger charge is -2.06. The van der Waals surface area contributed by atoms with E-state index in [9.17, 15) is 10.1 Å². The molecular formula is C16H13NO4. The molecule has 0 unspecified atom stereocenters. The van der Waals surface area contributed by atoms with Gasteiger partial charge in [0, 0.05) is 17.7 Å². The molecule has 0 amide bonds. The standard InChI is InChI=1S/C16H13NO4/c18-10-2-5-13-3-1-4-14(11-13)12-21-16-8-6-15(7-9-16)17(19)20/h1,3-4,6-9,11,18H,10,12H2. The van der Waals surface area contributed by atoms with Crippen molar-refractivity contribution < 1.29 is 14.8 Å². The van der Waals surface area contributed by atoms with Crippen LogP contribution in [-0.2, 0) is 6.61 Å². The molecule has 0 atom stereocenters. The summed E-state index contributed by atoms with van der Waals surface area (Å²) in [6, 6.07) is 13.4. The summed E-state index contributed by atoms with van der Waals surface area (Å²) >= 11 is 0. The van der Waals surface area contributed by atoms with Crippen molar-refractivity contribution >= 4 is 5.69 Å². The first-order valence-corrected chi connectivity index (χ1v) is 6.25. The van der Waals surface area contributed by atoms with Gasteiger partial charge in [0.25, 0.3) is 5.69 Å². The Hall–Kier alpha value is -2.84. The lowest BCUT2D eigenvalue weighted by molar-refractivity contribution is -0.384. The van der Waals surface area contributed by atoms with Crippen LogP contribution in [0.3, 0.4) is 0 Å². The monoisotopic (exact) mass is 283 g/mol. The van der Waals surface area contributed by atoms with E-state index in [2.05, 4.69) is 11.8 Å². The van der Waals surface area contributed by atoms with Crippen molar-refractivity contribution in [2.24, 2.45) is 0 Å². The van der Waals surface area contributed by atoms with E-state index in [0.717, 1.165) is 11.1 Å². The SMILES string of the molecule is O=[N+]([O-])c1ccc(OCc2cccc(C#CCO)c2)cc1. The number of non-ortho nitro benzene ring substituents is 1. The maximum absolute atomic E-state index is 10.5. The number of rotatable bonds is 4. The van der Waals surface area contributed by atoms with Crippen molar-refractivity contribution in [2.75, 3.05) is 6.61 Å². The summed E-state index contributed by atoms with van der Waals surface area (Å²) in [5, 5.41) is 19.2. The molecule has 0 heterocycles. The van der Waals surface area contributed by atoms with Gasteiger partial charge in [0.2, 0.25) is 0 Å². The van der Waals surface area contributed by atoms with Crippen molar-refractivity contribution in [1.82, 2.24) is 0 Å². The number of nitrogens with zero attached hydrogens (tertiary/aromatic N) is 1. The normalized spacial score (nSPS) is 9.57. The van der Waals surface area contributed by atoms with Gasteiger partial charge in [-0.2, -0.15) is 0 Å². The van der Waals surface area contributed by atoms with Crippen LogP contribution in [0.25, 0.3) is 0 Å². The van der Waals surface area contributed by atoms with Crippen LogP contribution < -0.4 is 4.74 Å². The second-order valence-electron chi connectivity index (χ2n) is 4.20. The molecule has 0 aliphatic rings. The molecule has 0 aromatic heterocycles. The smallest absolute Gasteiger partial charge is 0.269 e. The molecule has 0 fully saturated rings. The number of nitro benzene ring substituents is 1. The third-order valence-electron chi connectivity index (χ3n) is 2.69. The van der Waals surface area contributed by atoms with Crippen LogP contribution in [0.1, 0.15) is 11.1 Å². The molecule has 2 aromatic carbocycles. The lowest BCUT2D eigenvalue weighted by atomic mass is 10.1. The van der Waals surface area contributed by atoms with Gasteiger partial charge in [-0.15, -0.1) is 0 Å². The van der Waals surface area contributed by atoms with Gasteiger partial charge in [-0.25, -0.2) is 0 Å². The highest BCUT2D eigenvalue weighted by Crippen LogP contribution is 2.18. The van der Waals surface area contributed by atoms with E-state index in [4.69, 9.17) is 9.84 Å². The van der Waals surface area contributed by atoms with E-state index in [-0.39, 0.29) is 12.3 Å². The molecule has 0 spiro atoms. The van der Waals surface area contributed by atoms with Crippen LogP contribution >= 0.6 is 0 Å². The van der Waals surface area contributed by atoms with E-state index >= 15 is 0 Å². The highest BCUT2D eigenvalue weighted by molar-refractivity contribution is 5.38. The largest absolute Gasteiger partial charge is 0.489 e. The first-order chi connectivity index (χ1) is 10.2. The molecule has 0 bridgehead atoms. The number of ether oxygens (including phenoxy) is 1. The minimum absolute atomic E-state index is 0.0311. The van der Waals surface area contributed by atoms with Gasteiger partial charge in [-0.1, -0.05) is 24.0 Å². The van der Waals surface area contributed by atoms with Gasteiger partial charge in [0.1, 0.15) is 19.0 Å². The lowest BCUT2D eigenvalue weighted by Crippen LogP contribution is -1.96. The average Bonchev–Trinajstić information content (AvgIpc) is 2.52. The van der Waals surface area contributed by atoms with Crippen LogP contribution in [-0.4, -0.2) is 16.6 Å². The van der Waals surface area contributed by atoms with Gasteiger partial charge >= 0.3 is 0 Å². The van der Waals surface area contributed by atoms with Crippen molar-refractivity contribution in [2.45, 2.75) is 6.61 Å². The van der Waals surface area contributed by atoms with Crippen molar-refractivity contribution in [3.63, 3.8) is 0 Å². The summed E-state index contributed by atoms with van der Waals surface area (Å²) in [6.45, 7) is 0.163. The minimum Gasteiger partial charge on any atom is -0.489 e. The maximum atomic E-state index is 10.5. The summed E-state index contributed by atoms with van der Waals surface area (Å²) in [5.41, 5.74) is 1.76. The molecule has 5 heteroatoms. The summed E-state index contributed by atoms with van der Waals surface area (Å²) in [5.74, 6) is 5.97. The molecule has 106 valence electrons. The fourth-order valence-electron chi connectivity index (χ4n) is 1.71. The quantitative estimate of drug-likeness (QED) is 0.531. The Bertz CT molecular complexity index is 683. The van der Waals surface area contributed by atoms with Crippen LogP contribution in [0.15, 0.2) is 48.5 Å². The number of benzene rings is 2. The fourth-order valence-corrected chi connectivity index (χ4v) is 1.71. The first-order valence-electron chi connectivity index (χ1n) is 6.25. The molecule has 0 saturated heterocycles. The van der Waals surface area contributed by atoms with Crippen LogP contribution in [0.2, 0.25) is 0 Å². The molecule has 0 aliphatic carbocycles. The Morgan fingerprint density at radius 3 is 2.62 bits per heavy atom. The second kappa shape index (κ2) is 7.08. The number of hydrogen-bond donors (Lipinski definition) is 1. The summed E-state index contributed by atoms with van der Waals surface area (Å²) in [7, 11) is 0. The average molecular weight is 283 g/mol. The Morgan fingerprint density at radius 1 is 1.19 bits per heavy atom. The predicted octanol–water partition coefficient (Wildman–Crippen LogP) is 2.52. The second-order valence-corrected chi connectivity index (χ2v) is 4.20. The summed E-state index contributed by atoms with van der Waals surface area (Å²) < 4.78 is 5.57. The van der Waals surface area contributed by atoms with Gasteiger partial charge in [0.15, 0.2) is 0 Å². The van der Waals surface area contributed by atoms with Gasteiger partial charge < -0.3 is 9.84 Å². The predicted molar refractivity (Wildman–Crippen MR) is 77.8 cm³/mol. The topological polar surface area (TPSA) is 72.6 Å². The van der Waals surface area contributed by atoms with Crippen molar-refractivity contribution in [3.8, 4) is 17.6 Å². The van der Waals surface area contributed by atoms with Crippen LogP contribution in [0.4, 0.5) is 5.69 Å². The Kier molecular flexibility index (Phi) is 4.91. The van der Waals surface area contributed by atoms with E-state index < -0.39 is 4.92 Å². The van der Waals surface area contributed by atoms with Crippen LogP contribution in [0.5, 0.6) is 5.75 Å². The van der Waals surface area contributed by atoms with Crippen LogP contribution in [0, 0.1) is 22.0 Å².